The molecule has 0 fully saturated rings. The minimum atomic E-state index is 0.720. The number of hydrogen-bond acceptors (Lipinski definition) is 3. The van der Waals surface area contributed by atoms with Crippen LogP contribution in [-0.2, 0) is 0 Å². The van der Waals surface area contributed by atoms with Gasteiger partial charge in [0.15, 0.2) is 0 Å². The normalized spacial score (nSPS) is 17.0. The highest BCUT2D eigenvalue weighted by Crippen LogP contribution is 2.22. The maximum Gasteiger partial charge on any atom is 0.0629 e. The quantitative estimate of drug-likeness (QED) is 0.814. The number of benzene rings is 2. The first-order valence-electron chi connectivity index (χ1n) is 7.52. The highest BCUT2D eigenvalue weighted by Gasteiger charge is 2.13. The van der Waals surface area contributed by atoms with Crippen LogP contribution in [0.3, 0.4) is 0 Å². The predicted octanol–water partition coefficient (Wildman–Crippen LogP) is 4.48. The summed E-state index contributed by atoms with van der Waals surface area (Å²) >= 11 is 6.52. The summed E-state index contributed by atoms with van der Waals surface area (Å²) in [6.45, 7) is 1.46. The lowest BCUT2D eigenvalue weighted by molar-refractivity contribution is 0.787. The van der Waals surface area contributed by atoms with Crippen molar-refractivity contribution < 1.29 is 0 Å². The molecule has 0 aliphatic carbocycles. The highest BCUT2D eigenvalue weighted by molar-refractivity contribution is 6.34. The Bertz CT molecular complexity index is 734. The van der Waals surface area contributed by atoms with E-state index in [0.717, 1.165) is 40.6 Å². The lowest BCUT2D eigenvalue weighted by Crippen LogP contribution is -2.27. The average molecular weight is 324 g/mol. The summed E-state index contributed by atoms with van der Waals surface area (Å²) in [6.07, 6.45) is 3.78. The molecule has 1 aliphatic heterocycles. The molecule has 1 heterocycles. The summed E-state index contributed by atoms with van der Waals surface area (Å²) < 4.78 is 0. The molecule has 0 amide bonds. The van der Waals surface area contributed by atoms with Crippen LogP contribution in [0.5, 0.6) is 0 Å². The molecule has 0 saturated heterocycles. The van der Waals surface area contributed by atoms with Crippen molar-refractivity contribution in [3.05, 3.63) is 83.0 Å². The molecule has 116 valence electrons. The number of anilines is 1. The van der Waals surface area contributed by atoms with Crippen LogP contribution in [0.15, 0.2) is 88.0 Å². The summed E-state index contributed by atoms with van der Waals surface area (Å²) in [5, 5.41) is 7.38. The van der Waals surface area contributed by atoms with Gasteiger partial charge < -0.3 is 10.6 Å². The zero-order valence-electron chi connectivity index (χ0n) is 12.7. The van der Waals surface area contributed by atoms with Gasteiger partial charge in [-0.05, 0) is 24.3 Å². The maximum absolute atomic E-state index is 6.52. The number of hydrogen-bond donors (Lipinski definition) is 2. The summed E-state index contributed by atoms with van der Waals surface area (Å²) in [7, 11) is 0. The summed E-state index contributed by atoms with van der Waals surface area (Å²) in [5.41, 5.74) is 3.97. The number of nitrogens with one attached hydrogen (secondary N) is 2. The van der Waals surface area contributed by atoms with Crippen LogP contribution in [0.4, 0.5) is 11.4 Å². The van der Waals surface area contributed by atoms with Crippen molar-refractivity contribution >= 4 is 29.2 Å². The Balaban J connectivity index is 1.76. The zero-order chi connectivity index (χ0) is 15.9. The van der Waals surface area contributed by atoms with Crippen molar-refractivity contribution in [3.8, 4) is 0 Å². The van der Waals surface area contributed by atoms with Gasteiger partial charge in [-0.2, -0.15) is 0 Å². The van der Waals surface area contributed by atoms with Crippen molar-refractivity contribution in [2.24, 2.45) is 4.99 Å². The van der Waals surface area contributed by atoms with E-state index in [4.69, 9.17) is 11.6 Å². The number of aliphatic imine (C=N–C) groups is 1. The first-order valence-corrected chi connectivity index (χ1v) is 7.90. The van der Waals surface area contributed by atoms with Crippen molar-refractivity contribution in [2.45, 2.75) is 0 Å². The number of nitrogens with zero attached hydrogens (tertiary/aromatic N) is 1. The smallest absolute Gasteiger partial charge is 0.0629 e. The van der Waals surface area contributed by atoms with Gasteiger partial charge in [0.25, 0.3) is 0 Å². The van der Waals surface area contributed by atoms with Crippen LogP contribution in [0.2, 0.25) is 0 Å². The molecule has 3 rings (SSSR count). The van der Waals surface area contributed by atoms with Crippen molar-refractivity contribution in [3.63, 3.8) is 0 Å². The summed E-state index contributed by atoms with van der Waals surface area (Å²) in [4.78, 5) is 4.48. The van der Waals surface area contributed by atoms with Crippen LogP contribution in [0, 0.1) is 0 Å². The van der Waals surface area contributed by atoms with Crippen LogP contribution >= 0.6 is 11.6 Å². The first kappa shape index (κ1) is 15.5. The van der Waals surface area contributed by atoms with E-state index < -0.39 is 0 Å². The number of halogens is 1. The molecular weight excluding hydrogens is 306 g/mol. The van der Waals surface area contributed by atoms with E-state index in [1.165, 1.54) is 0 Å². The third kappa shape index (κ3) is 4.31. The molecule has 0 saturated carbocycles. The lowest BCUT2D eigenvalue weighted by atomic mass is 10.1. The predicted molar refractivity (Wildman–Crippen MR) is 98.5 cm³/mol. The van der Waals surface area contributed by atoms with Gasteiger partial charge in [0.1, 0.15) is 0 Å². The van der Waals surface area contributed by atoms with E-state index in [9.17, 15) is 0 Å². The fourth-order valence-corrected chi connectivity index (χ4v) is 2.52. The van der Waals surface area contributed by atoms with E-state index in [-0.39, 0.29) is 0 Å². The molecule has 0 bridgehead atoms. The second kappa shape index (κ2) is 7.77. The van der Waals surface area contributed by atoms with Gasteiger partial charge >= 0.3 is 0 Å². The monoisotopic (exact) mass is 323 g/mol. The van der Waals surface area contributed by atoms with Gasteiger partial charge in [-0.15, -0.1) is 0 Å². The molecule has 2 N–H and O–H groups in total. The van der Waals surface area contributed by atoms with E-state index in [1.807, 2.05) is 73.1 Å². The molecule has 1 aliphatic rings. The van der Waals surface area contributed by atoms with E-state index in [0.29, 0.717) is 0 Å². The zero-order valence-corrected chi connectivity index (χ0v) is 13.4. The largest absolute Gasteiger partial charge is 0.361 e. The molecule has 3 nitrogen and oxygen atoms in total. The molecule has 0 atom stereocenters. The SMILES string of the molecule is ClC1=C(/C=N/c2ccccc2)CNC/C1=C\Nc1ccccc1. The fourth-order valence-electron chi connectivity index (χ4n) is 2.28. The second-order valence-electron chi connectivity index (χ2n) is 5.22. The van der Waals surface area contributed by atoms with Crippen LogP contribution in [0.1, 0.15) is 0 Å². The average Bonchev–Trinajstić information content (AvgIpc) is 2.61. The van der Waals surface area contributed by atoms with Gasteiger partial charge in [-0.3, -0.25) is 4.99 Å². The van der Waals surface area contributed by atoms with Crippen LogP contribution in [0.25, 0.3) is 0 Å². The van der Waals surface area contributed by atoms with Gasteiger partial charge in [0.05, 0.1) is 10.7 Å². The van der Waals surface area contributed by atoms with Gasteiger partial charge in [0, 0.05) is 42.3 Å². The highest BCUT2D eigenvalue weighted by atomic mass is 35.5. The molecule has 23 heavy (non-hydrogen) atoms. The Kier molecular flexibility index (Phi) is 5.25. The standard InChI is InChI=1S/C19H18ClN3/c20-19-15(13-22-17-7-3-1-4-8-17)11-21-12-16(19)14-23-18-9-5-2-6-10-18/h1-10,13-14,21-22H,11-12H2/b15-13+,23-14+. The minimum absolute atomic E-state index is 0.720. The fraction of sp³-hybridized carbons (Fsp3) is 0.105. The third-order valence-electron chi connectivity index (χ3n) is 3.51. The van der Waals surface area contributed by atoms with E-state index >= 15 is 0 Å². The molecule has 4 heteroatoms. The van der Waals surface area contributed by atoms with Crippen molar-refractivity contribution in [2.75, 3.05) is 18.4 Å². The molecule has 0 radical (unpaired) electrons. The van der Waals surface area contributed by atoms with Crippen LogP contribution < -0.4 is 10.6 Å². The number of rotatable bonds is 4. The number of para-hydroxylation sites is 2. The maximum atomic E-state index is 6.52. The summed E-state index contributed by atoms with van der Waals surface area (Å²) in [6, 6.07) is 19.9. The lowest BCUT2D eigenvalue weighted by Gasteiger charge is -2.18. The molecule has 0 spiro atoms. The first-order chi connectivity index (χ1) is 11.3. The summed E-state index contributed by atoms with van der Waals surface area (Å²) in [5.74, 6) is 0. The Morgan fingerprint density at radius 3 is 2.39 bits per heavy atom. The minimum Gasteiger partial charge on any atom is -0.361 e. The molecular formula is C19H18ClN3. The second-order valence-corrected chi connectivity index (χ2v) is 5.59. The van der Waals surface area contributed by atoms with Crippen molar-refractivity contribution in [1.29, 1.82) is 0 Å². The van der Waals surface area contributed by atoms with E-state index in [2.05, 4.69) is 15.6 Å². The third-order valence-corrected chi connectivity index (χ3v) is 3.99. The Morgan fingerprint density at radius 2 is 1.65 bits per heavy atom. The van der Waals surface area contributed by atoms with Gasteiger partial charge in [-0.25, -0.2) is 0 Å². The molecule has 2 aromatic carbocycles. The molecule has 0 aromatic heterocycles. The van der Waals surface area contributed by atoms with Gasteiger partial charge in [0.2, 0.25) is 0 Å². The molecule has 0 unspecified atom stereocenters. The molecule has 2 aromatic rings. The Labute approximate surface area is 141 Å². The van der Waals surface area contributed by atoms with E-state index in [1.54, 1.807) is 0 Å². The van der Waals surface area contributed by atoms with Crippen molar-refractivity contribution in [1.82, 2.24) is 5.32 Å². The topological polar surface area (TPSA) is 36.4 Å². The Morgan fingerprint density at radius 1 is 0.957 bits per heavy atom. The van der Waals surface area contributed by atoms with Crippen LogP contribution in [-0.4, -0.2) is 19.3 Å². The Hall–Kier alpha value is -2.36. The van der Waals surface area contributed by atoms with Gasteiger partial charge in [-0.1, -0.05) is 48.0 Å².